The highest BCUT2D eigenvalue weighted by atomic mass is 16.5. The molecule has 6 heteroatoms. The predicted octanol–water partition coefficient (Wildman–Crippen LogP) is -0.210. The van der Waals surface area contributed by atoms with Gasteiger partial charge in [-0.15, -0.1) is 0 Å². The van der Waals surface area contributed by atoms with Crippen molar-refractivity contribution < 1.29 is 14.3 Å². The normalized spacial score (nSPS) is 22.4. The van der Waals surface area contributed by atoms with Gasteiger partial charge < -0.3 is 24.6 Å². The number of nitrogens with one attached hydrogen (secondary N) is 1. The molecule has 1 heterocycles. The van der Waals surface area contributed by atoms with Crippen molar-refractivity contribution >= 4 is 5.91 Å². The van der Waals surface area contributed by atoms with Crippen molar-refractivity contribution in [2.75, 3.05) is 61.1 Å². The van der Waals surface area contributed by atoms with Gasteiger partial charge in [-0.25, -0.2) is 0 Å². The molecule has 1 aliphatic rings. The highest BCUT2D eigenvalue weighted by Crippen LogP contribution is 2.12. The lowest BCUT2D eigenvalue weighted by Crippen LogP contribution is -2.45. The Balaban J connectivity index is 2.46. The Morgan fingerprint density at radius 2 is 2.00 bits per heavy atom. The van der Waals surface area contributed by atoms with E-state index in [1.807, 2.05) is 19.0 Å². The van der Waals surface area contributed by atoms with Gasteiger partial charge in [-0.1, -0.05) is 0 Å². The van der Waals surface area contributed by atoms with E-state index < -0.39 is 0 Å². The molecule has 1 saturated heterocycles. The fourth-order valence-corrected chi connectivity index (χ4v) is 2.40. The Labute approximate surface area is 122 Å². The summed E-state index contributed by atoms with van der Waals surface area (Å²) in [6, 6.07) is -0.115. The Hall–Kier alpha value is -0.690. The topological polar surface area (TPSA) is 54.0 Å². The van der Waals surface area contributed by atoms with E-state index in [2.05, 4.69) is 10.2 Å². The predicted molar refractivity (Wildman–Crippen MR) is 78.8 cm³/mol. The third-order valence-corrected chi connectivity index (χ3v) is 3.63. The van der Waals surface area contributed by atoms with Crippen molar-refractivity contribution in [3.63, 3.8) is 0 Å². The summed E-state index contributed by atoms with van der Waals surface area (Å²) in [7, 11) is 7.45. The van der Waals surface area contributed by atoms with Gasteiger partial charge in [-0.3, -0.25) is 4.79 Å². The van der Waals surface area contributed by atoms with Gasteiger partial charge in [0.05, 0.1) is 18.8 Å². The largest absolute Gasteiger partial charge is 0.383 e. The van der Waals surface area contributed by atoms with Crippen LogP contribution in [0.3, 0.4) is 0 Å². The Morgan fingerprint density at radius 1 is 1.25 bits per heavy atom. The van der Waals surface area contributed by atoms with E-state index in [1.165, 1.54) is 0 Å². The lowest BCUT2D eigenvalue weighted by atomic mass is 10.1. The van der Waals surface area contributed by atoms with E-state index >= 15 is 0 Å². The van der Waals surface area contributed by atoms with Crippen LogP contribution in [0, 0.1) is 0 Å². The second-order valence-corrected chi connectivity index (χ2v) is 5.53. The van der Waals surface area contributed by atoms with Crippen LogP contribution in [-0.2, 0) is 14.3 Å². The maximum Gasteiger partial charge on any atom is 0.239 e. The molecule has 118 valence electrons. The summed E-state index contributed by atoms with van der Waals surface area (Å²) in [5.74, 6) is 0.167. The van der Waals surface area contributed by atoms with Crippen LogP contribution in [0.5, 0.6) is 0 Å². The molecule has 20 heavy (non-hydrogen) atoms. The molecular formula is C14H29N3O3. The third kappa shape index (κ3) is 5.75. The fourth-order valence-electron chi connectivity index (χ4n) is 2.40. The van der Waals surface area contributed by atoms with Crippen LogP contribution in [0.1, 0.15) is 12.8 Å². The molecule has 1 N–H and O–H groups in total. The molecule has 1 aliphatic heterocycles. The monoisotopic (exact) mass is 287 g/mol. The molecule has 2 unspecified atom stereocenters. The Morgan fingerprint density at radius 3 is 2.55 bits per heavy atom. The zero-order valence-electron chi connectivity index (χ0n) is 13.2. The van der Waals surface area contributed by atoms with E-state index in [-0.39, 0.29) is 18.1 Å². The van der Waals surface area contributed by atoms with Crippen molar-refractivity contribution in [1.82, 2.24) is 15.1 Å². The molecule has 0 aliphatic carbocycles. The average Bonchev–Trinajstić information content (AvgIpc) is 2.90. The number of hydrogen-bond acceptors (Lipinski definition) is 5. The van der Waals surface area contributed by atoms with E-state index in [0.717, 1.165) is 32.5 Å². The Kier molecular flexibility index (Phi) is 8.06. The molecule has 0 aromatic heterocycles. The second kappa shape index (κ2) is 9.28. The first kappa shape index (κ1) is 17.4. The quantitative estimate of drug-likeness (QED) is 0.636. The molecule has 0 radical (unpaired) electrons. The molecule has 0 aromatic rings. The van der Waals surface area contributed by atoms with Gasteiger partial charge >= 0.3 is 0 Å². The smallest absolute Gasteiger partial charge is 0.239 e. The number of carbonyl (C=O) groups excluding carboxylic acids is 1. The Bertz CT molecular complexity index is 287. The number of ether oxygens (including phenoxy) is 2. The van der Waals surface area contributed by atoms with E-state index in [0.29, 0.717) is 13.2 Å². The molecule has 0 aromatic carbocycles. The maximum absolute atomic E-state index is 12.5. The molecule has 1 fully saturated rings. The lowest BCUT2D eigenvalue weighted by Gasteiger charge is -2.26. The first-order valence-corrected chi connectivity index (χ1v) is 7.27. The van der Waals surface area contributed by atoms with Crippen molar-refractivity contribution in [1.29, 1.82) is 0 Å². The van der Waals surface area contributed by atoms with Crippen LogP contribution in [0.2, 0.25) is 0 Å². The highest BCUT2D eigenvalue weighted by molar-refractivity contribution is 5.82. The van der Waals surface area contributed by atoms with Gasteiger partial charge in [0.1, 0.15) is 0 Å². The van der Waals surface area contributed by atoms with E-state index in [1.54, 1.807) is 14.2 Å². The van der Waals surface area contributed by atoms with Crippen molar-refractivity contribution in [2.45, 2.75) is 25.0 Å². The van der Waals surface area contributed by atoms with Gasteiger partial charge in [-0.05, 0) is 33.5 Å². The zero-order chi connectivity index (χ0) is 15.0. The fraction of sp³-hybridized carbons (Fsp3) is 0.929. The van der Waals surface area contributed by atoms with Crippen LogP contribution in [-0.4, -0.2) is 89.0 Å². The molecule has 2 atom stereocenters. The summed E-state index contributed by atoms with van der Waals surface area (Å²) >= 11 is 0. The maximum atomic E-state index is 12.5. The zero-order valence-corrected chi connectivity index (χ0v) is 13.2. The number of methoxy groups -OCH3 is 2. The van der Waals surface area contributed by atoms with Crippen LogP contribution < -0.4 is 5.32 Å². The number of hydrogen-bond donors (Lipinski definition) is 1. The van der Waals surface area contributed by atoms with Gasteiger partial charge in [0.25, 0.3) is 0 Å². The van der Waals surface area contributed by atoms with Gasteiger partial charge in [0.15, 0.2) is 0 Å². The number of amides is 1. The van der Waals surface area contributed by atoms with E-state index in [9.17, 15) is 4.79 Å². The summed E-state index contributed by atoms with van der Waals surface area (Å²) in [6.45, 7) is 3.74. The molecule has 0 saturated carbocycles. The van der Waals surface area contributed by atoms with Crippen molar-refractivity contribution in [3.05, 3.63) is 0 Å². The molecule has 1 rings (SSSR count). The van der Waals surface area contributed by atoms with Crippen molar-refractivity contribution in [2.24, 2.45) is 0 Å². The van der Waals surface area contributed by atoms with E-state index in [4.69, 9.17) is 9.47 Å². The summed E-state index contributed by atoms with van der Waals surface area (Å²) in [6.07, 6.45) is 1.88. The third-order valence-electron chi connectivity index (χ3n) is 3.63. The van der Waals surface area contributed by atoms with Gasteiger partial charge in [-0.2, -0.15) is 0 Å². The number of carbonyl (C=O) groups is 1. The molecule has 0 bridgehead atoms. The minimum Gasteiger partial charge on any atom is -0.383 e. The minimum absolute atomic E-state index is 0.115. The highest BCUT2D eigenvalue weighted by Gasteiger charge is 2.31. The lowest BCUT2D eigenvalue weighted by molar-refractivity contribution is -0.134. The molecular weight excluding hydrogens is 258 g/mol. The molecule has 1 amide bonds. The summed E-state index contributed by atoms with van der Waals surface area (Å²) in [5, 5.41) is 3.25. The summed E-state index contributed by atoms with van der Waals surface area (Å²) < 4.78 is 10.4. The number of nitrogens with zero attached hydrogens (tertiary/aromatic N) is 2. The van der Waals surface area contributed by atoms with Crippen LogP contribution in [0.15, 0.2) is 0 Å². The van der Waals surface area contributed by atoms with Crippen LogP contribution in [0.4, 0.5) is 0 Å². The SMILES string of the molecule is COCCN(CCCN(C)C)C(=O)C1CC(OC)CN1. The first-order chi connectivity index (χ1) is 9.58. The number of rotatable bonds is 9. The summed E-state index contributed by atoms with van der Waals surface area (Å²) in [4.78, 5) is 16.6. The average molecular weight is 287 g/mol. The van der Waals surface area contributed by atoms with Gasteiger partial charge in [0.2, 0.25) is 5.91 Å². The summed E-state index contributed by atoms with van der Waals surface area (Å²) in [5.41, 5.74) is 0. The minimum atomic E-state index is -0.115. The van der Waals surface area contributed by atoms with Crippen LogP contribution >= 0.6 is 0 Å². The van der Waals surface area contributed by atoms with Crippen molar-refractivity contribution in [3.8, 4) is 0 Å². The second-order valence-electron chi connectivity index (χ2n) is 5.53. The standard InChI is InChI=1S/C14H29N3O3/c1-16(2)6-5-7-17(8-9-19-3)14(18)13-10-12(20-4)11-15-13/h12-13,15H,5-11H2,1-4H3. The van der Waals surface area contributed by atoms with Gasteiger partial charge in [0, 0.05) is 33.9 Å². The van der Waals surface area contributed by atoms with Crippen LogP contribution in [0.25, 0.3) is 0 Å². The molecule has 6 nitrogen and oxygen atoms in total. The molecule has 0 spiro atoms. The first-order valence-electron chi connectivity index (χ1n) is 7.27.